The fourth-order valence-electron chi connectivity index (χ4n) is 1.99. The van der Waals surface area contributed by atoms with E-state index in [9.17, 15) is 5.26 Å². The number of nitriles is 1. The van der Waals surface area contributed by atoms with Crippen molar-refractivity contribution in [1.82, 2.24) is 0 Å². The van der Waals surface area contributed by atoms with Crippen molar-refractivity contribution in [2.24, 2.45) is 0 Å². The largest absolute Gasteiger partial charge is 0.495 e. The van der Waals surface area contributed by atoms with Gasteiger partial charge >= 0.3 is 0 Å². The van der Waals surface area contributed by atoms with Crippen molar-refractivity contribution in [2.75, 3.05) is 7.11 Å². The first kappa shape index (κ1) is 13.5. The van der Waals surface area contributed by atoms with Gasteiger partial charge in [-0.3, -0.25) is 0 Å². The minimum absolute atomic E-state index is 0.203. The maximum Gasteiger partial charge on any atom is 0.137 e. The third-order valence-corrected chi connectivity index (χ3v) is 3.31. The first-order chi connectivity index (χ1) is 9.24. The Morgan fingerprint density at radius 2 is 1.95 bits per heavy atom. The van der Waals surface area contributed by atoms with Crippen molar-refractivity contribution in [3.63, 3.8) is 0 Å². The first-order valence-electron chi connectivity index (χ1n) is 6.01. The average molecular weight is 272 g/mol. The van der Waals surface area contributed by atoms with Crippen LogP contribution in [-0.4, -0.2) is 7.11 Å². The van der Waals surface area contributed by atoms with Gasteiger partial charge in [0, 0.05) is 0 Å². The lowest BCUT2D eigenvalue weighted by molar-refractivity contribution is 0.415. The van der Waals surface area contributed by atoms with E-state index in [0.29, 0.717) is 17.2 Å². The Morgan fingerprint density at radius 1 is 1.21 bits per heavy atom. The molecule has 1 atom stereocenters. The summed E-state index contributed by atoms with van der Waals surface area (Å²) in [5, 5.41) is 9.87. The highest BCUT2D eigenvalue weighted by atomic mass is 35.5. The zero-order valence-electron chi connectivity index (χ0n) is 10.6. The minimum Gasteiger partial charge on any atom is -0.495 e. The molecule has 0 aliphatic heterocycles. The number of ether oxygens (including phenoxy) is 1. The number of benzene rings is 2. The molecule has 1 unspecified atom stereocenters. The highest BCUT2D eigenvalue weighted by Gasteiger charge is 2.13. The van der Waals surface area contributed by atoms with Crippen molar-refractivity contribution >= 4 is 11.6 Å². The summed E-state index contributed by atoms with van der Waals surface area (Å²) in [6.45, 7) is 0. The standard InChI is InChI=1S/C16H14ClNO/c1-19-16-8-7-13(10-15(16)17)14(11-18)9-12-5-3-2-4-6-12/h2-8,10,14H,9H2,1H3. The lowest BCUT2D eigenvalue weighted by Gasteiger charge is -2.11. The lowest BCUT2D eigenvalue weighted by atomic mass is 9.93. The smallest absolute Gasteiger partial charge is 0.137 e. The van der Waals surface area contributed by atoms with Crippen LogP contribution in [-0.2, 0) is 6.42 Å². The summed E-state index contributed by atoms with van der Waals surface area (Å²) in [6, 6.07) is 17.8. The van der Waals surface area contributed by atoms with Gasteiger partial charge in [0.15, 0.2) is 0 Å². The van der Waals surface area contributed by atoms with Crippen LogP contribution in [0.1, 0.15) is 17.0 Å². The summed E-state index contributed by atoms with van der Waals surface area (Å²) in [6.07, 6.45) is 0.681. The van der Waals surface area contributed by atoms with E-state index < -0.39 is 0 Å². The Kier molecular flexibility index (Phi) is 4.43. The summed E-state index contributed by atoms with van der Waals surface area (Å²) in [5.41, 5.74) is 2.05. The Bertz CT molecular complexity index is 589. The van der Waals surface area contributed by atoms with Crippen LogP contribution in [0.5, 0.6) is 5.75 Å². The quantitative estimate of drug-likeness (QED) is 0.835. The van der Waals surface area contributed by atoms with E-state index in [1.54, 1.807) is 19.2 Å². The lowest BCUT2D eigenvalue weighted by Crippen LogP contribution is -2.00. The summed E-state index contributed by atoms with van der Waals surface area (Å²) in [5.74, 6) is 0.424. The second-order valence-corrected chi connectivity index (χ2v) is 4.67. The van der Waals surface area contributed by atoms with E-state index in [-0.39, 0.29) is 5.92 Å². The molecule has 0 aliphatic rings. The second kappa shape index (κ2) is 6.26. The molecule has 0 N–H and O–H groups in total. The van der Waals surface area contributed by atoms with Gasteiger partial charge < -0.3 is 4.74 Å². The minimum atomic E-state index is -0.203. The number of nitrogens with zero attached hydrogens (tertiary/aromatic N) is 1. The van der Waals surface area contributed by atoms with Gasteiger partial charge in [-0.25, -0.2) is 0 Å². The summed E-state index contributed by atoms with van der Waals surface area (Å²) in [7, 11) is 1.58. The fraction of sp³-hybridized carbons (Fsp3) is 0.188. The van der Waals surface area contributed by atoms with Gasteiger partial charge in [-0.15, -0.1) is 0 Å². The monoisotopic (exact) mass is 271 g/mol. The Labute approximate surface area is 118 Å². The molecule has 2 rings (SSSR count). The van der Waals surface area contributed by atoms with Crippen LogP contribution in [0.15, 0.2) is 48.5 Å². The average Bonchev–Trinajstić information content (AvgIpc) is 2.46. The molecular weight excluding hydrogens is 258 g/mol. The fourth-order valence-corrected chi connectivity index (χ4v) is 2.25. The Hall–Kier alpha value is -1.98. The molecule has 0 bridgehead atoms. The predicted molar refractivity (Wildman–Crippen MR) is 76.5 cm³/mol. The van der Waals surface area contributed by atoms with Gasteiger partial charge in [0.2, 0.25) is 0 Å². The van der Waals surface area contributed by atoms with E-state index in [4.69, 9.17) is 16.3 Å². The molecule has 0 fully saturated rings. The summed E-state index contributed by atoms with van der Waals surface area (Å²) in [4.78, 5) is 0. The molecule has 2 nitrogen and oxygen atoms in total. The van der Waals surface area contributed by atoms with Crippen LogP contribution < -0.4 is 4.74 Å². The van der Waals surface area contributed by atoms with Crippen molar-refractivity contribution in [1.29, 1.82) is 5.26 Å². The van der Waals surface area contributed by atoms with Gasteiger partial charge in [0.25, 0.3) is 0 Å². The zero-order valence-corrected chi connectivity index (χ0v) is 11.4. The molecule has 0 aliphatic carbocycles. The molecular formula is C16H14ClNO. The first-order valence-corrected chi connectivity index (χ1v) is 6.39. The molecule has 0 heterocycles. The van der Waals surface area contributed by atoms with E-state index in [1.807, 2.05) is 36.4 Å². The van der Waals surface area contributed by atoms with Gasteiger partial charge in [-0.1, -0.05) is 48.0 Å². The van der Waals surface area contributed by atoms with Crippen LogP contribution in [0.2, 0.25) is 5.02 Å². The van der Waals surface area contributed by atoms with Gasteiger partial charge in [-0.05, 0) is 29.7 Å². The van der Waals surface area contributed by atoms with E-state index >= 15 is 0 Å². The number of methoxy groups -OCH3 is 1. The van der Waals surface area contributed by atoms with Crippen LogP contribution in [0.25, 0.3) is 0 Å². The SMILES string of the molecule is COc1ccc(C(C#N)Cc2ccccc2)cc1Cl. The molecule has 0 radical (unpaired) electrons. The van der Waals surface area contributed by atoms with E-state index in [0.717, 1.165) is 11.1 Å². The van der Waals surface area contributed by atoms with E-state index in [2.05, 4.69) is 6.07 Å². The van der Waals surface area contributed by atoms with Crippen LogP contribution >= 0.6 is 11.6 Å². The third kappa shape index (κ3) is 3.27. The number of halogens is 1. The van der Waals surface area contributed by atoms with Gasteiger partial charge in [-0.2, -0.15) is 5.26 Å². The van der Waals surface area contributed by atoms with E-state index in [1.165, 1.54) is 0 Å². The van der Waals surface area contributed by atoms with Gasteiger partial charge in [0.05, 0.1) is 24.1 Å². The predicted octanol–water partition coefficient (Wildman–Crippen LogP) is 4.20. The summed E-state index contributed by atoms with van der Waals surface area (Å²) < 4.78 is 5.12. The van der Waals surface area contributed by atoms with Crippen LogP contribution in [0.4, 0.5) is 0 Å². The molecule has 0 amide bonds. The molecule has 96 valence electrons. The second-order valence-electron chi connectivity index (χ2n) is 4.27. The highest BCUT2D eigenvalue weighted by molar-refractivity contribution is 6.32. The maximum atomic E-state index is 9.33. The van der Waals surface area contributed by atoms with Crippen molar-refractivity contribution < 1.29 is 4.74 Å². The molecule has 0 saturated carbocycles. The maximum absolute atomic E-state index is 9.33. The Balaban J connectivity index is 2.23. The number of rotatable bonds is 4. The molecule has 3 heteroatoms. The molecule has 19 heavy (non-hydrogen) atoms. The molecule has 0 spiro atoms. The van der Waals surface area contributed by atoms with Crippen LogP contribution in [0, 0.1) is 11.3 Å². The molecule has 2 aromatic rings. The molecule has 2 aromatic carbocycles. The van der Waals surface area contributed by atoms with Crippen molar-refractivity contribution in [2.45, 2.75) is 12.3 Å². The highest BCUT2D eigenvalue weighted by Crippen LogP contribution is 2.29. The van der Waals surface area contributed by atoms with Crippen molar-refractivity contribution in [3.8, 4) is 11.8 Å². The number of hydrogen-bond acceptors (Lipinski definition) is 2. The topological polar surface area (TPSA) is 33.0 Å². The molecule has 0 saturated heterocycles. The molecule has 0 aromatic heterocycles. The van der Waals surface area contributed by atoms with Crippen molar-refractivity contribution in [3.05, 3.63) is 64.7 Å². The normalized spacial score (nSPS) is 11.6. The summed E-state index contributed by atoms with van der Waals surface area (Å²) >= 11 is 6.10. The Morgan fingerprint density at radius 3 is 2.53 bits per heavy atom. The third-order valence-electron chi connectivity index (χ3n) is 3.02. The van der Waals surface area contributed by atoms with Crippen LogP contribution in [0.3, 0.4) is 0 Å². The number of hydrogen-bond donors (Lipinski definition) is 0. The van der Waals surface area contributed by atoms with Gasteiger partial charge in [0.1, 0.15) is 5.75 Å². The zero-order chi connectivity index (χ0) is 13.7.